The van der Waals surface area contributed by atoms with Gasteiger partial charge in [-0.1, -0.05) is 0 Å². The third kappa shape index (κ3) is 2.87. The van der Waals surface area contributed by atoms with Crippen molar-refractivity contribution >= 4 is 11.8 Å². The van der Waals surface area contributed by atoms with E-state index in [0.717, 1.165) is 12.5 Å². The van der Waals surface area contributed by atoms with Crippen LogP contribution >= 0.6 is 0 Å². The number of carbonyl (C=O) groups excluding carboxylic acids is 1. The number of ether oxygens (including phenoxy) is 1. The van der Waals surface area contributed by atoms with Gasteiger partial charge in [-0.2, -0.15) is 0 Å². The molecule has 6 heteroatoms. The van der Waals surface area contributed by atoms with Crippen LogP contribution in [-0.2, 0) is 4.74 Å². The maximum Gasteiger partial charge on any atom is 0.410 e. The van der Waals surface area contributed by atoms with E-state index in [2.05, 4.69) is 0 Å². The normalized spacial score (nSPS) is 24.0. The molecule has 2 aliphatic rings. The van der Waals surface area contributed by atoms with Gasteiger partial charge in [0.1, 0.15) is 17.2 Å². The molecule has 1 heterocycles. The van der Waals surface area contributed by atoms with Crippen LogP contribution in [0.3, 0.4) is 0 Å². The zero-order chi connectivity index (χ0) is 16.1. The molecular weight excluding hydrogens is 290 g/mol. The molecule has 1 aromatic carbocycles. The molecule has 1 saturated heterocycles. The second kappa shape index (κ2) is 5.11. The summed E-state index contributed by atoms with van der Waals surface area (Å²) in [4.78, 5) is 15.8. The molecule has 2 atom stereocenters. The van der Waals surface area contributed by atoms with Crippen LogP contribution in [0, 0.1) is 11.6 Å². The van der Waals surface area contributed by atoms with Gasteiger partial charge in [0.15, 0.2) is 0 Å². The first-order valence-electron chi connectivity index (χ1n) is 7.47. The summed E-state index contributed by atoms with van der Waals surface area (Å²) in [6.45, 7) is 6.49. The third-order valence-electron chi connectivity index (χ3n) is 3.95. The van der Waals surface area contributed by atoms with Gasteiger partial charge in [-0.15, -0.1) is 0 Å². The molecule has 1 unspecified atom stereocenters. The molecule has 0 N–H and O–H groups in total. The van der Waals surface area contributed by atoms with E-state index in [1.807, 2.05) is 25.7 Å². The van der Waals surface area contributed by atoms with Crippen molar-refractivity contribution in [3.8, 4) is 0 Å². The number of fused-ring (bicyclic) bond motifs is 1. The Morgan fingerprint density at radius 1 is 1.23 bits per heavy atom. The van der Waals surface area contributed by atoms with Gasteiger partial charge in [0, 0.05) is 19.2 Å². The van der Waals surface area contributed by atoms with Gasteiger partial charge in [-0.3, -0.25) is 0 Å². The van der Waals surface area contributed by atoms with Crippen LogP contribution in [0.15, 0.2) is 18.2 Å². The molecule has 4 nitrogen and oxygen atoms in total. The fraction of sp³-hybridized carbons (Fsp3) is 0.562. The van der Waals surface area contributed by atoms with E-state index < -0.39 is 17.2 Å². The Balaban J connectivity index is 1.70. The monoisotopic (exact) mass is 310 g/mol. The molecule has 0 aromatic heterocycles. The highest BCUT2D eigenvalue weighted by Gasteiger charge is 2.52. The van der Waals surface area contributed by atoms with Crippen molar-refractivity contribution in [2.45, 2.75) is 44.9 Å². The fourth-order valence-corrected chi connectivity index (χ4v) is 2.95. The molecule has 0 bridgehead atoms. The summed E-state index contributed by atoms with van der Waals surface area (Å²) in [5.41, 5.74) is -0.125. The van der Waals surface area contributed by atoms with Crippen LogP contribution in [-0.4, -0.2) is 41.8 Å². The molecular formula is C16H20F2N2O2. The number of halogens is 2. The minimum Gasteiger partial charge on any atom is -0.444 e. The van der Waals surface area contributed by atoms with Gasteiger partial charge in [0.05, 0.1) is 17.8 Å². The maximum absolute atomic E-state index is 13.9. The Bertz CT molecular complexity index is 600. The van der Waals surface area contributed by atoms with E-state index >= 15 is 0 Å². The second-order valence-electron chi connectivity index (χ2n) is 6.83. The molecule has 1 amide bonds. The minimum absolute atomic E-state index is 0.0491. The third-order valence-corrected chi connectivity index (χ3v) is 3.95. The average Bonchev–Trinajstić information content (AvgIpc) is 3.16. The lowest BCUT2D eigenvalue weighted by Crippen LogP contribution is -2.50. The Labute approximate surface area is 128 Å². The molecule has 1 aliphatic heterocycles. The van der Waals surface area contributed by atoms with Crippen LogP contribution in [0.1, 0.15) is 27.2 Å². The van der Waals surface area contributed by atoms with Gasteiger partial charge in [0.2, 0.25) is 0 Å². The summed E-state index contributed by atoms with van der Waals surface area (Å²) in [5, 5.41) is 0. The lowest BCUT2D eigenvalue weighted by Gasteiger charge is -2.36. The fourth-order valence-electron chi connectivity index (χ4n) is 2.95. The highest BCUT2D eigenvalue weighted by Crippen LogP contribution is 2.40. The number of rotatable bonds is 1. The standard InChI is InChI=1S/C16H20F2N2O2/c1-16(2,3)22-15(21)20-7-6-19(13-9-14(13)20)12-5-4-10(17)8-11(12)18/h4-5,8,13-14H,6-7,9H2,1-3H3/t13-,14?/m1/s1. The molecule has 1 saturated carbocycles. The van der Waals surface area contributed by atoms with Crippen molar-refractivity contribution in [2.24, 2.45) is 0 Å². The number of benzene rings is 1. The average molecular weight is 310 g/mol. The van der Waals surface area contributed by atoms with Gasteiger partial charge in [0.25, 0.3) is 0 Å². The van der Waals surface area contributed by atoms with Gasteiger partial charge in [-0.05, 0) is 39.3 Å². The molecule has 0 spiro atoms. The quantitative estimate of drug-likeness (QED) is 0.799. The van der Waals surface area contributed by atoms with Gasteiger partial charge < -0.3 is 14.5 Å². The van der Waals surface area contributed by atoms with E-state index in [0.29, 0.717) is 18.8 Å². The van der Waals surface area contributed by atoms with E-state index in [-0.39, 0.29) is 18.2 Å². The summed E-state index contributed by atoms with van der Waals surface area (Å²) in [5.74, 6) is -1.14. The van der Waals surface area contributed by atoms with Crippen molar-refractivity contribution in [2.75, 3.05) is 18.0 Å². The van der Waals surface area contributed by atoms with Crippen LogP contribution < -0.4 is 4.90 Å². The van der Waals surface area contributed by atoms with E-state index in [4.69, 9.17) is 4.74 Å². The molecule has 120 valence electrons. The minimum atomic E-state index is -0.582. The first-order valence-corrected chi connectivity index (χ1v) is 7.47. The summed E-state index contributed by atoms with van der Waals surface area (Å²) in [6, 6.07) is 3.75. The molecule has 22 heavy (non-hydrogen) atoms. The van der Waals surface area contributed by atoms with Crippen LogP contribution in [0.4, 0.5) is 19.3 Å². The Kier molecular flexibility index (Phi) is 3.50. The van der Waals surface area contributed by atoms with E-state index in [9.17, 15) is 13.6 Å². The zero-order valence-corrected chi connectivity index (χ0v) is 13.0. The summed E-state index contributed by atoms with van der Waals surface area (Å²) >= 11 is 0. The molecule has 1 aromatic rings. The topological polar surface area (TPSA) is 32.8 Å². The predicted octanol–water partition coefficient (Wildman–Crippen LogP) is 3.16. The van der Waals surface area contributed by atoms with Crippen LogP contribution in [0.25, 0.3) is 0 Å². The number of carbonyl (C=O) groups is 1. The lowest BCUT2D eigenvalue weighted by atomic mass is 10.2. The van der Waals surface area contributed by atoms with Crippen LogP contribution in [0.5, 0.6) is 0 Å². The number of hydrogen-bond donors (Lipinski definition) is 0. The maximum atomic E-state index is 13.9. The van der Waals surface area contributed by atoms with Crippen molar-refractivity contribution in [3.05, 3.63) is 29.8 Å². The van der Waals surface area contributed by atoms with E-state index in [1.165, 1.54) is 12.1 Å². The predicted molar refractivity (Wildman–Crippen MR) is 78.8 cm³/mol. The molecule has 1 aliphatic carbocycles. The molecule has 3 rings (SSSR count). The summed E-state index contributed by atoms with van der Waals surface area (Å²) < 4.78 is 32.3. The van der Waals surface area contributed by atoms with E-state index in [1.54, 1.807) is 4.90 Å². The number of amides is 1. The van der Waals surface area contributed by atoms with Crippen molar-refractivity contribution in [1.82, 2.24) is 4.90 Å². The highest BCUT2D eigenvalue weighted by atomic mass is 19.1. The van der Waals surface area contributed by atoms with Gasteiger partial charge >= 0.3 is 6.09 Å². The SMILES string of the molecule is CC(C)(C)OC(=O)N1CCN(c2ccc(F)cc2F)[C@@H]2CC21. The van der Waals surface area contributed by atoms with Crippen molar-refractivity contribution in [1.29, 1.82) is 0 Å². The number of piperazine rings is 1. The zero-order valence-electron chi connectivity index (χ0n) is 13.0. The summed E-state index contributed by atoms with van der Waals surface area (Å²) in [6.07, 6.45) is 0.468. The van der Waals surface area contributed by atoms with Gasteiger partial charge in [-0.25, -0.2) is 13.6 Å². The lowest BCUT2D eigenvalue weighted by molar-refractivity contribution is 0.0218. The highest BCUT2D eigenvalue weighted by molar-refractivity contribution is 5.70. The largest absolute Gasteiger partial charge is 0.444 e. The molecule has 2 fully saturated rings. The Morgan fingerprint density at radius 3 is 2.59 bits per heavy atom. The molecule has 0 radical (unpaired) electrons. The first kappa shape index (κ1) is 15.1. The Morgan fingerprint density at radius 2 is 1.95 bits per heavy atom. The number of nitrogens with zero attached hydrogens (tertiary/aromatic N) is 2. The number of anilines is 1. The first-order chi connectivity index (χ1) is 10.3. The van der Waals surface area contributed by atoms with Crippen LogP contribution in [0.2, 0.25) is 0 Å². The Hall–Kier alpha value is -1.85. The second-order valence-corrected chi connectivity index (χ2v) is 6.83. The smallest absolute Gasteiger partial charge is 0.410 e. The van der Waals surface area contributed by atoms with Crippen molar-refractivity contribution in [3.63, 3.8) is 0 Å². The summed E-state index contributed by atoms with van der Waals surface area (Å²) in [7, 11) is 0. The van der Waals surface area contributed by atoms with Crippen molar-refractivity contribution < 1.29 is 18.3 Å². The number of hydrogen-bond acceptors (Lipinski definition) is 3.